The summed E-state index contributed by atoms with van der Waals surface area (Å²) in [6.07, 6.45) is 4.84. The van der Waals surface area contributed by atoms with E-state index >= 15 is 0 Å². The van der Waals surface area contributed by atoms with Crippen molar-refractivity contribution in [2.75, 3.05) is 12.4 Å². The topological polar surface area (TPSA) is 64.1 Å². The Morgan fingerprint density at radius 2 is 2.23 bits per heavy atom. The van der Waals surface area contributed by atoms with Crippen LogP contribution in [0.15, 0.2) is 6.20 Å². The number of nitrogens with one attached hydrogen (secondary N) is 1. The van der Waals surface area contributed by atoms with Crippen LogP contribution < -0.4 is 5.32 Å². The van der Waals surface area contributed by atoms with Gasteiger partial charge in [0.05, 0.1) is 18.9 Å². The van der Waals surface area contributed by atoms with Crippen molar-refractivity contribution in [2.24, 2.45) is 0 Å². The molecule has 5 nitrogen and oxygen atoms in total. The van der Waals surface area contributed by atoms with Crippen molar-refractivity contribution in [3.05, 3.63) is 33.3 Å². The molecule has 8 heteroatoms. The second-order valence-electron chi connectivity index (χ2n) is 4.87. The third-order valence-electron chi connectivity index (χ3n) is 3.51. The number of carbonyl (C=O) groups is 1. The summed E-state index contributed by atoms with van der Waals surface area (Å²) in [7, 11) is 1.33. The molecule has 0 spiro atoms. The van der Waals surface area contributed by atoms with Crippen LogP contribution in [0.1, 0.15) is 33.6 Å². The summed E-state index contributed by atoms with van der Waals surface area (Å²) in [6, 6.07) is 0. The molecule has 0 bridgehead atoms. The van der Waals surface area contributed by atoms with E-state index in [1.54, 1.807) is 0 Å². The first kappa shape index (κ1) is 15.2. The van der Waals surface area contributed by atoms with E-state index in [0.29, 0.717) is 10.6 Å². The average molecular weight is 342 g/mol. The molecule has 22 heavy (non-hydrogen) atoms. The molecule has 0 aromatic carbocycles. The molecule has 0 saturated heterocycles. The number of anilines is 2. The van der Waals surface area contributed by atoms with Gasteiger partial charge < -0.3 is 10.1 Å². The highest BCUT2D eigenvalue weighted by Gasteiger charge is 2.26. The van der Waals surface area contributed by atoms with E-state index in [-0.39, 0.29) is 11.1 Å². The number of rotatable bonds is 3. The Bertz CT molecular complexity index is 735. The van der Waals surface area contributed by atoms with Gasteiger partial charge in [0.2, 0.25) is 5.28 Å². The molecular formula is C14H13ClFN3O2S. The Labute approximate surface area is 135 Å². The van der Waals surface area contributed by atoms with Gasteiger partial charge in [-0.1, -0.05) is 0 Å². The Kier molecular flexibility index (Phi) is 4.26. The number of thiophene rings is 1. The zero-order valence-corrected chi connectivity index (χ0v) is 13.4. The van der Waals surface area contributed by atoms with Gasteiger partial charge in [0.15, 0.2) is 11.6 Å². The Morgan fingerprint density at radius 1 is 1.45 bits per heavy atom. The van der Waals surface area contributed by atoms with E-state index in [0.717, 1.165) is 42.3 Å². The van der Waals surface area contributed by atoms with E-state index in [4.69, 9.17) is 16.3 Å². The van der Waals surface area contributed by atoms with Gasteiger partial charge in [0.25, 0.3) is 0 Å². The van der Waals surface area contributed by atoms with Crippen molar-refractivity contribution < 1.29 is 13.9 Å². The second kappa shape index (κ2) is 6.18. The fourth-order valence-corrected chi connectivity index (χ4v) is 3.92. The molecule has 2 heterocycles. The predicted molar refractivity (Wildman–Crippen MR) is 82.6 cm³/mol. The summed E-state index contributed by atoms with van der Waals surface area (Å²) in [5, 5.41) is 3.33. The molecule has 2 aromatic heterocycles. The van der Waals surface area contributed by atoms with Crippen molar-refractivity contribution in [2.45, 2.75) is 25.7 Å². The summed E-state index contributed by atoms with van der Waals surface area (Å²) in [5.74, 6) is -1.11. The lowest BCUT2D eigenvalue weighted by Crippen LogP contribution is -2.09. The van der Waals surface area contributed by atoms with E-state index in [9.17, 15) is 9.18 Å². The fraction of sp³-hybridized carbons (Fsp3) is 0.357. The van der Waals surface area contributed by atoms with E-state index in [1.165, 1.54) is 18.4 Å². The van der Waals surface area contributed by atoms with Gasteiger partial charge in [-0.2, -0.15) is 4.98 Å². The average Bonchev–Trinajstić information content (AvgIpc) is 2.88. The summed E-state index contributed by atoms with van der Waals surface area (Å²) < 4.78 is 18.7. The van der Waals surface area contributed by atoms with Crippen LogP contribution in [0.2, 0.25) is 5.28 Å². The molecule has 1 aliphatic carbocycles. The van der Waals surface area contributed by atoms with E-state index in [1.807, 2.05) is 0 Å². The number of aryl methyl sites for hydroxylation is 1. The Balaban J connectivity index is 2.04. The number of methoxy groups -OCH3 is 1. The monoisotopic (exact) mass is 341 g/mol. The number of hydrogen-bond donors (Lipinski definition) is 1. The maximum absolute atomic E-state index is 13.8. The number of hydrogen-bond acceptors (Lipinski definition) is 6. The number of fused-ring (bicyclic) bond motifs is 1. The van der Waals surface area contributed by atoms with Crippen LogP contribution in [-0.2, 0) is 17.6 Å². The number of ether oxygens (including phenoxy) is 1. The van der Waals surface area contributed by atoms with Crippen molar-refractivity contribution in [1.29, 1.82) is 0 Å². The molecular weight excluding hydrogens is 329 g/mol. The smallest absolute Gasteiger partial charge is 0.341 e. The fourth-order valence-electron chi connectivity index (χ4n) is 2.51. The molecule has 0 radical (unpaired) electrons. The van der Waals surface area contributed by atoms with E-state index < -0.39 is 11.8 Å². The van der Waals surface area contributed by atoms with Crippen molar-refractivity contribution in [3.63, 3.8) is 0 Å². The molecule has 0 unspecified atom stereocenters. The number of nitrogens with zero attached hydrogens (tertiary/aromatic N) is 2. The van der Waals surface area contributed by atoms with Crippen molar-refractivity contribution in [3.8, 4) is 0 Å². The first-order valence-electron chi connectivity index (χ1n) is 6.78. The maximum Gasteiger partial charge on any atom is 0.341 e. The minimum atomic E-state index is -0.633. The third kappa shape index (κ3) is 2.78. The molecule has 3 rings (SSSR count). The predicted octanol–water partition coefficient (Wildman–Crippen LogP) is 3.74. The molecule has 0 aliphatic heterocycles. The molecule has 1 N–H and O–H groups in total. The zero-order chi connectivity index (χ0) is 15.7. The lowest BCUT2D eigenvalue weighted by Gasteiger charge is -2.11. The van der Waals surface area contributed by atoms with Crippen LogP contribution in [0.4, 0.5) is 15.2 Å². The second-order valence-corrected chi connectivity index (χ2v) is 6.31. The van der Waals surface area contributed by atoms with Gasteiger partial charge in [0.1, 0.15) is 5.00 Å². The molecule has 1 aliphatic rings. The van der Waals surface area contributed by atoms with Gasteiger partial charge in [-0.15, -0.1) is 11.3 Å². The SMILES string of the molecule is COC(=O)c1c(Nc2nc(Cl)ncc2F)sc2c1CCCC2. The number of aromatic nitrogens is 2. The first-order valence-corrected chi connectivity index (χ1v) is 7.97. The quantitative estimate of drug-likeness (QED) is 0.680. The molecule has 116 valence electrons. The molecule has 0 saturated carbocycles. The highest BCUT2D eigenvalue weighted by atomic mass is 35.5. The molecule has 0 fully saturated rings. The molecule has 0 amide bonds. The van der Waals surface area contributed by atoms with Crippen LogP contribution in [0.5, 0.6) is 0 Å². The van der Waals surface area contributed by atoms with Crippen LogP contribution in [0.3, 0.4) is 0 Å². The number of carbonyl (C=O) groups excluding carboxylic acids is 1. The van der Waals surface area contributed by atoms with Crippen LogP contribution in [0, 0.1) is 5.82 Å². The molecule has 0 atom stereocenters. The Morgan fingerprint density at radius 3 is 3.00 bits per heavy atom. The largest absolute Gasteiger partial charge is 0.465 e. The van der Waals surface area contributed by atoms with E-state index in [2.05, 4.69) is 15.3 Å². The minimum Gasteiger partial charge on any atom is -0.465 e. The van der Waals surface area contributed by atoms with Gasteiger partial charge >= 0.3 is 5.97 Å². The highest BCUT2D eigenvalue weighted by Crippen LogP contribution is 2.39. The van der Waals surface area contributed by atoms with Gasteiger partial charge in [-0.25, -0.2) is 14.2 Å². The minimum absolute atomic E-state index is 0.0521. The lowest BCUT2D eigenvalue weighted by molar-refractivity contribution is 0.0601. The summed E-state index contributed by atoms with van der Waals surface area (Å²) in [5.41, 5.74) is 1.46. The summed E-state index contributed by atoms with van der Waals surface area (Å²) >= 11 is 7.13. The number of halogens is 2. The van der Waals surface area contributed by atoms with Crippen LogP contribution in [0.25, 0.3) is 0 Å². The van der Waals surface area contributed by atoms with Gasteiger partial charge in [-0.05, 0) is 42.8 Å². The molecule has 2 aromatic rings. The lowest BCUT2D eigenvalue weighted by atomic mass is 9.95. The van der Waals surface area contributed by atoms with Gasteiger partial charge in [0, 0.05) is 4.88 Å². The highest BCUT2D eigenvalue weighted by molar-refractivity contribution is 7.16. The number of esters is 1. The van der Waals surface area contributed by atoms with Crippen molar-refractivity contribution >= 4 is 39.7 Å². The van der Waals surface area contributed by atoms with Crippen molar-refractivity contribution in [1.82, 2.24) is 9.97 Å². The first-order chi connectivity index (χ1) is 10.6. The summed E-state index contributed by atoms with van der Waals surface area (Å²) in [4.78, 5) is 20.6. The summed E-state index contributed by atoms with van der Waals surface area (Å²) in [6.45, 7) is 0. The third-order valence-corrected chi connectivity index (χ3v) is 4.90. The van der Waals surface area contributed by atoms with Crippen LogP contribution in [-0.4, -0.2) is 23.0 Å². The standard InChI is InChI=1S/C14H13ClFN3O2S/c1-21-13(20)10-7-4-2-3-5-9(7)22-12(10)18-11-8(16)6-17-14(15)19-11/h6H,2-5H2,1H3,(H,17,18,19). The maximum atomic E-state index is 13.8. The van der Waals surface area contributed by atoms with Crippen LogP contribution >= 0.6 is 22.9 Å². The zero-order valence-electron chi connectivity index (χ0n) is 11.8. The Hall–Kier alpha value is -1.73. The normalized spacial score (nSPS) is 13.6. The van der Waals surface area contributed by atoms with Gasteiger partial charge in [-0.3, -0.25) is 0 Å².